The molecule has 0 aromatic heterocycles. The van der Waals surface area contributed by atoms with Crippen molar-refractivity contribution in [1.29, 1.82) is 0 Å². The Kier molecular flexibility index (Phi) is 4.77. The number of rotatable bonds is 5. The quantitative estimate of drug-likeness (QED) is 0.778. The highest BCUT2D eigenvalue weighted by atomic mass is 16.5. The minimum absolute atomic E-state index is 0.0703. The number of hydrogen-bond acceptors (Lipinski definition) is 3. The van der Waals surface area contributed by atoms with Gasteiger partial charge in [0.05, 0.1) is 5.60 Å². The van der Waals surface area contributed by atoms with E-state index in [-0.39, 0.29) is 5.60 Å². The van der Waals surface area contributed by atoms with Crippen molar-refractivity contribution in [2.24, 2.45) is 17.6 Å². The summed E-state index contributed by atoms with van der Waals surface area (Å²) in [6.45, 7) is 12.0. The normalized spacial score (nSPS) is 29.6. The Morgan fingerprint density at radius 1 is 1.31 bits per heavy atom. The minimum atomic E-state index is -0.0703. The van der Waals surface area contributed by atoms with Crippen LogP contribution in [0.4, 0.5) is 0 Å². The van der Waals surface area contributed by atoms with Gasteiger partial charge in [-0.25, -0.2) is 0 Å². The Morgan fingerprint density at radius 3 is 2.19 bits per heavy atom. The van der Waals surface area contributed by atoms with Gasteiger partial charge < -0.3 is 10.5 Å². The molecule has 0 bridgehead atoms. The van der Waals surface area contributed by atoms with Crippen LogP contribution in [0.15, 0.2) is 0 Å². The molecular formula is C13H28N2O. The van der Waals surface area contributed by atoms with E-state index >= 15 is 0 Å². The first-order valence-corrected chi connectivity index (χ1v) is 6.39. The Balaban J connectivity index is 2.55. The molecule has 16 heavy (non-hydrogen) atoms. The summed E-state index contributed by atoms with van der Waals surface area (Å²) in [4.78, 5) is 2.54. The minimum Gasteiger partial charge on any atom is -0.379 e. The van der Waals surface area contributed by atoms with Gasteiger partial charge in [0.25, 0.3) is 0 Å². The second-order valence-corrected chi connectivity index (χ2v) is 5.97. The van der Waals surface area contributed by atoms with Crippen LogP contribution < -0.4 is 5.73 Å². The average Bonchev–Trinajstić information content (AvgIpc) is 2.56. The molecule has 0 radical (unpaired) electrons. The van der Waals surface area contributed by atoms with Crippen molar-refractivity contribution in [3.8, 4) is 0 Å². The highest BCUT2D eigenvalue weighted by Gasteiger charge is 2.33. The van der Waals surface area contributed by atoms with Crippen molar-refractivity contribution in [2.75, 3.05) is 26.7 Å². The molecule has 96 valence electrons. The summed E-state index contributed by atoms with van der Waals surface area (Å²) in [5.74, 6) is 1.58. The van der Waals surface area contributed by atoms with Gasteiger partial charge in [-0.2, -0.15) is 0 Å². The summed E-state index contributed by atoms with van der Waals surface area (Å²) < 4.78 is 5.50. The Labute approximate surface area is 100 Å². The lowest BCUT2D eigenvalue weighted by Crippen LogP contribution is -2.44. The zero-order chi connectivity index (χ0) is 12.3. The molecule has 1 fully saturated rings. The lowest BCUT2D eigenvalue weighted by molar-refractivity contribution is -0.00536. The number of methoxy groups -OCH3 is 1. The molecule has 3 heteroatoms. The second kappa shape index (κ2) is 5.48. The monoisotopic (exact) mass is 228 g/mol. The van der Waals surface area contributed by atoms with Crippen molar-refractivity contribution < 1.29 is 4.74 Å². The molecule has 2 N–H and O–H groups in total. The molecule has 1 heterocycles. The number of ether oxygens (including phenoxy) is 1. The number of hydrogen-bond donors (Lipinski definition) is 1. The van der Waals surface area contributed by atoms with Crippen LogP contribution >= 0.6 is 0 Å². The molecule has 0 aromatic rings. The fourth-order valence-electron chi connectivity index (χ4n) is 2.48. The van der Waals surface area contributed by atoms with Gasteiger partial charge in [0, 0.05) is 32.8 Å². The third kappa shape index (κ3) is 3.44. The third-order valence-electron chi connectivity index (χ3n) is 4.08. The summed E-state index contributed by atoms with van der Waals surface area (Å²) in [7, 11) is 1.78. The predicted octanol–water partition coefficient (Wildman–Crippen LogP) is 1.72. The van der Waals surface area contributed by atoms with E-state index in [0.717, 1.165) is 24.8 Å². The molecule has 3 nitrogen and oxygen atoms in total. The van der Waals surface area contributed by atoms with E-state index in [0.29, 0.717) is 6.04 Å². The van der Waals surface area contributed by atoms with Crippen molar-refractivity contribution in [1.82, 2.24) is 4.90 Å². The van der Waals surface area contributed by atoms with Gasteiger partial charge in [-0.3, -0.25) is 4.90 Å². The zero-order valence-corrected chi connectivity index (χ0v) is 11.5. The van der Waals surface area contributed by atoms with Crippen LogP contribution in [-0.2, 0) is 4.74 Å². The van der Waals surface area contributed by atoms with Crippen LogP contribution in [0.25, 0.3) is 0 Å². The fraction of sp³-hybridized carbons (Fsp3) is 1.00. The van der Waals surface area contributed by atoms with E-state index in [1.807, 2.05) is 0 Å². The maximum atomic E-state index is 5.91. The maximum absolute atomic E-state index is 5.91. The molecule has 0 aromatic carbocycles. The summed E-state index contributed by atoms with van der Waals surface area (Å²) >= 11 is 0. The molecule has 0 saturated carbocycles. The highest BCUT2D eigenvalue weighted by molar-refractivity contribution is 4.87. The summed E-state index contributed by atoms with van der Waals surface area (Å²) in [5, 5.41) is 0. The van der Waals surface area contributed by atoms with Gasteiger partial charge in [-0.05, 0) is 32.1 Å². The van der Waals surface area contributed by atoms with Crippen LogP contribution in [0.3, 0.4) is 0 Å². The van der Waals surface area contributed by atoms with Crippen molar-refractivity contribution in [3.63, 3.8) is 0 Å². The van der Waals surface area contributed by atoms with Crippen molar-refractivity contribution in [3.05, 3.63) is 0 Å². The smallest absolute Gasteiger partial charge is 0.0638 e. The predicted molar refractivity (Wildman–Crippen MR) is 68.4 cm³/mol. The SMILES string of the molecule is COC(C)(C)CC(CN)N1CC(C)C(C)C1. The number of nitrogens with two attached hydrogens (primary N) is 1. The molecule has 1 saturated heterocycles. The summed E-state index contributed by atoms with van der Waals surface area (Å²) in [5.41, 5.74) is 5.84. The molecule has 0 aliphatic carbocycles. The standard InChI is InChI=1S/C13H28N2O/c1-10-8-15(9-11(10)2)12(7-14)6-13(3,4)16-5/h10-12H,6-9,14H2,1-5H3. The lowest BCUT2D eigenvalue weighted by Gasteiger charge is -2.33. The molecular weight excluding hydrogens is 200 g/mol. The van der Waals surface area contributed by atoms with Crippen LogP contribution in [-0.4, -0.2) is 43.3 Å². The molecule has 3 atom stereocenters. The number of likely N-dealkylation sites (tertiary alicyclic amines) is 1. The van der Waals surface area contributed by atoms with E-state index in [1.54, 1.807) is 7.11 Å². The number of nitrogens with zero attached hydrogens (tertiary/aromatic N) is 1. The van der Waals surface area contributed by atoms with Crippen molar-refractivity contribution in [2.45, 2.75) is 45.8 Å². The molecule has 1 rings (SSSR count). The van der Waals surface area contributed by atoms with Gasteiger partial charge in [-0.15, -0.1) is 0 Å². The van der Waals surface area contributed by atoms with Crippen LogP contribution in [0, 0.1) is 11.8 Å². The first-order valence-electron chi connectivity index (χ1n) is 6.39. The first-order chi connectivity index (χ1) is 7.39. The van der Waals surface area contributed by atoms with Gasteiger partial charge >= 0.3 is 0 Å². The largest absolute Gasteiger partial charge is 0.379 e. The molecule has 3 unspecified atom stereocenters. The van der Waals surface area contributed by atoms with Gasteiger partial charge in [0.2, 0.25) is 0 Å². The van der Waals surface area contributed by atoms with Crippen LogP contribution in [0.1, 0.15) is 34.1 Å². The van der Waals surface area contributed by atoms with Gasteiger partial charge in [0.1, 0.15) is 0 Å². The zero-order valence-electron chi connectivity index (χ0n) is 11.5. The molecule has 1 aliphatic heterocycles. The summed E-state index contributed by atoms with van der Waals surface area (Å²) in [6, 6.07) is 0.461. The Morgan fingerprint density at radius 2 is 1.81 bits per heavy atom. The van der Waals surface area contributed by atoms with Gasteiger partial charge in [-0.1, -0.05) is 13.8 Å². The van der Waals surface area contributed by atoms with Gasteiger partial charge in [0.15, 0.2) is 0 Å². The van der Waals surface area contributed by atoms with Crippen LogP contribution in [0.5, 0.6) is 0 Å². The lowest BCUT2D eigenvalue weighted by atomic mass is 9.98. The Hall–Kier alpha value is -0.120. The molecule has 0 spiro atoms. The van der Waals surface area contributed by atoms with E-state index in [2.05, 4.69) is 32.6 Å². The second-order valence-electron chi connectivity index (χ2n) is 5.97. The Bertz CT molecular complexity index is 208. The van der Waals surface area contributed by atoms with Crippen LogP contribution in [0.2, 0.25) is 0 Å². The summed E-state index contributed by atoms with van der Waals surface area (Å²) in [6.07, 6.45) is 1.01. The first kappa shape index (κ1) is 13.9. The molecule has 1 aliphatic rings. The third-order valence-corrected chi connectivity index (χ3v) is 4.08. The highest BCUT2D eigenvalue weighted by Crippen LogP contribution is 2.27. The fourth-order valence-corrected chi connectivity index (χ4v) is 2.48. The van der Waals surface area contributed by atoms with E-state index < -0.39 is 0 Å². The van der Waals surface area contributed by atoms with E-state index in [9.17, 15) is 0 Å². The van der Waals surface area contributed by atoms with E-state index in [1.165, 1.54) is 13.1 Å². The topological polar surface area (TPSA) is 38.5 Å². The van der Waals surface area contributed by atoms with E-state index in [4.69, 9.17) is 10.5 Å². The van der Waals surface area contributed by atoms with Crippen molar-refractivity contribution >= 4 is 0 Å². The molecule has 0 amide bonds. The maximum Gasteiger partial charge on any atom is 0.0638 e. The average molecular weight is 228 g/mol.